The van der Waals surface area contributed by atoms with Crippen LogP contribution in [0.25, 0.3) is 10.9 Å². The van der Waals surface area contributed by atoms with Gasteiger partial charge in [-0.3, -0.25) is 0 Å². The molecule has 33 heavy (non-hydrogen) atoms. The molecule has 3 aliphatic rings. The van der Waals surface area contributed by atoms with Crippen molar-refractivity contribution < 1.29 is 17.2 Å². The van der Waals surface area contributed by atoms with E-state index in [0.29, 0.717) is 44.7 Å². The zero-order valence-electron chi connectivity index (χ0n) is 18.9. The first kappa shape index (κ1) is 22.7. The number of sulfonamides is 1. The zero-order chi connectivity index (χ0) is 23.3. The van der Waals surface area contributed by atoms with Gasteiger partial charge in [0, 0.05) is 56.6 Å². The van der Waals surface area contributed by atoms with Crippen molar-refractivity contribution in [3.05, 3.63) is 24.4 Å². The first-order valence-corrected chi connectivity index (χ1v) is 13.6. The Morgan fingerprint density at radius 3 is 2.48 bits per heavy atom. The number of fused-ring (bicyclic) bond motifs is 1. The Morgan fingerprint density at radius 1 is 1.06 bits per heavy atom. The van der Waals surface area contributed by atoms with Crippen molar-refractivity contribution >= 4 is 32.6 Å². The number of hydrogen-bond acceptors (Lipinski definition) is 6. The largest absolute Gasteiger partial charge is 0.369 e. The van der Waals surface area contributed by atoms with E-state index in [4.69, 9.17) is 4.98 Å². The molecule has 1 N–H and O–H groups in total. The van der Waals surface area contributed by atoms with Crippen LogP contribution < -0.4 is 10.2 Å². The second-order valence-electron chi connectivity index (χ2n) is 10.0. The third-order valence-corrected chi connectivity index (χ3v) is 8.97. The highest BCUT2D eigenvalue weighted by Crippen LogP contribution is 2.49. The van der Waals surface area contributed by atoms with Crippen LogP contribution in [0.3, 0.4) is 0 Å². The molecule has 0 unspecified atom stereocenters. The number of nitrogens with zero attached hydrogens (tertiary/aromatic N) is 4. The number of anilines is 2. The van der Waals surface area contributed by atoms with Gasteiger partial charge in [0.1, 0.15) is 0 Å². The summed E-state index contributed by atoms with van der Waals surface area (Å²) in [6, 6.07) is 6.15. The van der Waals surface area contributed by atoms with Crippen LogP contribution >= 0.6 is 0 Å². The Labute approximate surface area is 193 Å². The lowest BCUT2D eigenvalue weighted by Crippen LogP contribution is -2.42. The molecule has 0 atom stereocenters. The average Bonchev–Trinajstić information content (AvgIpc) is 3.19. The summed E-state index contributed by atoms with van der Waals surface area (Å²) < 4.78 is 52.4. The topological polar surface area (TPSA) is 78.4 Å². The number of hydrogen-bond donors (Lipinski definition) is 1. The Bertz CT molecular complexity index is 1120. The van der Waals surface area contributed by atoms with Crippen LogP contribution in [0.1, 0.15) is 44.9 Å². The number of rotatable bonds is 4. The fraction of sp³-hybridized carbons (Fsp3) is 0.652. The molecule has 1 spiro atoms. The van der Waals surface area contributed by atoms with Crippen molar-refractivity contribution in [2.45, 2.75) is 56.9 Å². The highest BCUT2D eigenvalue weighted by Gasteiger charge is 2.46. The number of piperidine rings is 1. The van der Waals surface area contributed by atoms with Gasteiger partial charge in [0.15, 0.2) is 0 Å². The Hall–Kier alpha value is -2.07. The first-order chi connectivity index (χ1) is 15.6. The second kappa shape index (κ2) is 8.30. The van der Waals surface area contributed by atoms with Crippen molar-refractivity contribution in [2.24, 2.45) is 5.41 Å². The summed E-state index contributed by atoms with van der Waals surface area (Å²) in [4.78, 5) is 11.6. The molecule has 3 fully saturated rings. The minimum Gasteiger partial charge on any atom is -0.369 e. The third kappa shape index (κ3) is 4.77. The number of benzene rings is 1. The Morgan fingerprint density at radius 2 is 1.79 bits per heavy atom. The van der Waals surface area contributed by atoms with Crippen LogP contribution in [0, 0.1) is 5.41 Å². The first-order valence-electron chi connectivity index (χ1n) is 11.7. The van der Waals surface area contributed by atoms with E-state index in [1.807, 2.05) is 18.3 Å². The highest BCUT2D eigenvalue weighted by atomic mass is 32.2. The van der Waals surface area contributed by atoms with Gasteiger partial charge < -0.3 is 10.2 Å². The van der Waals surface area contributed by atoms with E-state index >= 15 is 0 Å². The molecule has 7 nitrogen and oxygen atoms in total. The molecule has 0 bridgehead atoms. The monoisotopic (exact) mass is 479 g/mol. The van der Waals surface area contributed by atoms with E-state index in [9.17, 15) is 17.2 Å². The van der Waals surface area contributed by atoms with Crippen LogP contribution in [0.5, 0.6) is 0 Å². The van der Waals surface area contributed by atoms with Gasteiger partial charge in [0.05, 0.1) is 17.5 Å². The van der Waals surface area contributed by atoms with Crippen molar-refractivity contribution in [3.63, 3.8) is 0 Å². The lowest BCUT2D eigenvalue weighted by atomic mass is 9.72. The summed E-state index contributed by atoms with van der Waals surface area (Å²) in [5.74, 6) is -1.97. The van der Waals surface area contributed by atoms with Gasteiger partial charge in [-0.15, -0.1) is 0 Å². The fourth-order valence-corrected chi connectivity index (χ4v) is 6.45. The van der Waals surface area contributed by atoms with E-state index in [1.54, 1.807) is 0 Å². The molecule has 5 rings (SSSR count). The van der Waals surface area contributed by atoms with E-state index in [1.165, 1.54) is 10.6 Å². The number of aromatic nitrogens is 2. The van der Waals surface area contributed by atoms with Gasteiger partial charge in [0.2, 0.25) is 21.9 Å². The van der Waals surface area contributed by atoms with Crippen LogP contribution in [-0.2, 0) is 10.0 Å². The number of halogens is 2. The van der Waals surface area contributed by atoms with Crippen molar-refractivity contribution in [2.75, 3.05) is 42.7 Å². The van der Waals surface area contributed by atoms with Crippen LogP contribution in [-0.4, -0.2) is 67.1 Å². The molecule has 0 radical (unpaired) electrons. The summed E-state index contributed by atoms with van der Waals surface area (Å²) in [5, 5.41) is 4.33. The summed E-state index contributed by atoms with van der Waals surface area (Å²) in [6.07, 6.45) is 6.54. The van der Waals surface area contributed by atoms with Gasteiger partial charge in [-0.05, 0) is 43.6 Å². The van der Waals surface area contributed by atoms with E-state index in [-0.39, 0.29) is 24.3 Å². The summed E-state index contributed by atoms with van der Waals surface area (Å²) in [5.41, 5.74) is 1.87. The highest BCUT2D eigenvalue weighted by molar-refractivity contribution is 7.88. The summed E-state index contributed by atoms with van der Waals surface area (Å²) >= 11 is 0. The van der Waals surface area contributed by atoms with Gasteiger partial charge in [-0.1, -0.05) is 12.1 Å². The molecule has 1 saturated carbocycles. The second-order valence-corrected chi connectivity index (χ2v) is 12.0. The van der Waals surface area contributed by atoms with Crippen LogP contribution in [0.2, 0.25) is 0 Å². The van der Waals surface area contributed by atoms with Crippen LogP contribution in [0.4, 0.5) is 20.4 Å². The number of para-hydroxylation sites is 1. The standard InChI is InChI=1S/C23H31F2N5O2S/c1-33(31,32)30-12-5-18(6-13-30)27-21-26-15-17-3-2-4-19(20(17)28-21)29-14-11-22(16-29)7-9-23(24,25)10-8-22/h2-4,15,18H,5-14,16H2,1H3,(H,26,27,28). The van der Waals surface area contributed by atoms with Crippen LogP contribution in [0.15, 0.2) is 24.4 Å². The molecule has 180 valence electrons. The number of alkyl halides is 2. The molecule has 1 aromatic heterocycles. The molecule has 3 heterocycles. The maximum absolute atomic E-state index is 13.7. The Balaban J connectivity index is 1.31. The molecule has 1 aromatic carbocycles. The average molecular weight is 480 g/mol. The van der Waals surface area contributed by atoms with Gasteiger partial charge in [0.25, 0.3) is 0 Å². The maximum Gasteiger partial charge on any atom is 0.248 e. The van der Waals surface area contributed by atoms with E-state index < -0.39 is 15.9 Å². The quantitative estimate of drug-likeness (QED) is 0.717. The van der Waals surface area contributed by atoms with Gasteiger partial charge in [-0.25, -0.2) is 31.5 Å². The predicted octanol–water partition coefficient (Wildman–Crippen LogP) is 3.87. The lowest BCUT2D eigenvalue weighted by Gasteiger charge is -2.37. The molecular formula is C23H31F2N5O2S. The fourth-order valence-electron chi connectivity index (χ4n) is 5.57. The predicted molar refractivity (Wildman–Crippen MR) is 125 cm³/mol. The van der Waals surface area contributed by atoms with E-state index in [0.717, 1.165) is 36.1 Å². The van der Waals surface area contributed by atoms with Crippen molar-refractivity contribution in [1.82, 2.24) is 14.3 Å². The van der Waals surface area contributed by atoms with Crippen molar-refractivity contribution in [1.29, 1.82) is 0 Å². The van der Waals surface area contributed by atoms with Gasteiger partial charge >= 0.3 is 0 Å². The third-order valence-electron chi connectivity index (χ3n) is 7.67. The summed E-state index contributed by atoms with van der Waals surface area (Å²) in [7, 11) is -3.16. The normalized spacial score (nSPS) is 23.9. The number of nitrogens with one attached hydrogen (secondary N) is 1. The molecular weight excluding hydrogens is 448 g/mol. The minimum absolute atomic E-state index is 0.00916. The molecule has 2 saturated heterocycles. The van der Waals surface area contributed by atoms with E-state index in [2.05, 4.69) is 21.3 Å². The smallest absolute Gasteiger partial charge is 0.248 e. The molecule has 2 aliphatic heterocycles. The minimum atomic E-state index is -3.16. The molecule has 0 amide bonds. The van der Waals surface area contributed by atoms with Gasteiger partial charge in [-0.2, -0.15) is 0 Å². The lowest BCUT2D eigenvalue weighted by molar-refractivity contribution is -0.0627. The van der Waals surface area contributed by atoms with Crippen molar-refractivity contribution in [3.8, 4) is 0 Å². The molecule has 1 aliphatic carbocycles. The zero-order valence-corrected chi connectivity index (χ0v) is 19.8. The maximum atomic E-state index is 13.7. The SMILES string of the molecule is CS(=O)(=O)N1CCC(Nc2ncc3cccc(N4CCC5(CCC(F)(F)CC5)C4)c3n2)CC1. The molecule has 10 heteroatoms. The summed E-state index contributed by atoms with van der Waals surface area (Å²) in [6.45, 7) is 2.62. The Kier molecular flexibility index (Phi) is 5.71. The molecule has 2 aromatic rings.